The number of aryl methyl sites for hydroxylation is 2. The normalized spacial score (nSPS) is 22.8. The van der Waals surface area contributed by atoms with Gasteiger partial charge in [-0.05, 0) is 61.4 Å². The number of aromatic nitrogens is 1. The van der Waals surface area contributed by atoms with Crippen molar-refractivity contribution < 1.29 is 23.4 Å². The van der Waals surface area contributed by atoms with Crippen molar-refractivity contribution >= 4 is 11.8 Å². The van der Waals surface area contributed by atoms with Crippen molar-refractivity contribution in [3.63, 3.8) is 0 Å². The second-order valence-corrected chi connectivity index (χ2v) is 10.3. The van der Waals surface area contributed by atoms with E-state index in [0.717, 1.165) is 42.2 Å². The second kappa shape index (κ2) is 11.1. The molecular formula is C28H36FN3O4. The lowest BCUT2D eigenvalue weighted by Crippen LogP contribution is -2.38. The van der Waals surface area contributed by atoms with Gasteiger partial charge in [0.25, 0.3) is 0 Å². The molecule has 7 nitrogen and oxygen atoms in total. The van der Waals surface area contributed by atoms with Crippen LogP contribution in [0.25, 0.3) is 0 Å². The molecule has 0 radical (unpaired) electrons. The topological polar surface area (TPSA) is 72.9 Å². The van der Waals surface area contributed by atoms with Crippen LogP contribution < -0.4 is 10.1 Å². The predicted molar refractivity (Wildman–Crippen MR) is 135 cm³/mol. The molecular weight excluding hydrogens is 461 g/mol. The highest BCUT2D eigenvalue weighted by Crippen LogP contribution is 2.34. The third-order valence-corrected chi connectivity index (χ3v) is 7.52. The van der Waals surface area contributed by atoms with Gasteiger partial charge in [0.1, 0.15) is 23.3 Å². The van der Waals surface area contributed by atoms with Gasteiger partial charge in [0.2, 0.25) is 0 Å². The first-order chi connectivity index (χ1) is 17.5. The number of carbonyl (C=O) groups is 1. The lowest BCUT2D eigenvalue weighted by Gasteiger charge is -2.28. The number of esters is 1. The van der Waals surface area contributed by atoms with Gasteiger partial charge < -0.3 is 19.5 Å². The third-order valence-electron chi connectivity index (χ3n) is 7.52. The van der Waals surface area contributed by atoms with Gasteiger partial charge in [0.05, 0.1) is 26.7 Å². The first-order valence-electron chi connectivity index (χ1n) is 13.0. The van der Waals surface area contributed by atoms with E-state index in [4.69, 9.17) is 19.2 Å². The fourth-order valence-corrected chi connectivity index (χ4v) is 5.34. The smallest absolute Gasteiger partial charge is 0.306 e. The molecule has 1 aromatic carbocycles. The number of rotatable bonds is 10. The quantitative estimate of drug-likeness (QED) is 0.499. The summed E-state index contributed by atoms with van der Waals surface area (Å²) in [6, 6.07) is 12.0. The summed E-state index contributed by atoms with van der Waals surface area (Å²) in [6.45, 7) is 3.77. The summed E-state index contributed by atoms with van der Waals surface area (Å²) in [5.41, 5.74) is 1.94. The molecule has 1 unspecified atom stereocenters. The average molecular weight is 498 g/mol. The number of hydrogen-bond acceptors (Lipinski definition) is 7. The molecule has 0 aliphatic carbocycles. The van der Waals surface area contributed by atoms with Gasteiger partial charge in [-0.1, -0.05) is 18.2 Å². The van der Waals surface area contributed by atoms with Crippen LogP contribution in [-0.4, -0.2) is 74.1 Å². The van der Waals surface area contributed by atoms with Crippen LogP contribution in [0.1, 0.15) is 48.4 Å². The number of carbonyl (C=O) groups excluding carboxylic acids is 1. The summed E-state index contributed by atoms with van der Waals surface area (Å²) in [5, 5.41) is 3.36. The van der Waals surface area contributed by atoms with Gasteiger partial charge in [-0.3, -0.25) is 9.69 Å². The molecule has 1 N–H and O–H groups in total. The minimum Gasteiger partial charge on any atom is -0.486 e. The number of halogens is 1. The summed E-state index contributed by atoms with van der Waals surface area (Å²) < 4.78 is 31.9. The summed E-state index contributed by atoms with van der Waals surface area (Å²) in [5.74, 6) is 1.36. The minimum atomic E-state index is -1.25. The molecule has 2 aromatic rings. The van der Waals surface area contributed by atoms with E-state index < -0.39 is 5.67 Å². The van der Waals surface area contributed by atoms with Crippen LogP contribution in [0.2, 0.25) is 0 Å². The van der Waals surface area contributed by atoms with Crippen molar-refractivity contribution in [2.75, 3.05) is 51.8 Å². The number of ether oxygens (including phenoxy) is 3. The van der Waals surface area contributed by atoms with E-state index in [1.807, 2.05) is 30.3 Å². The SMILES string of the molecule is COC(=O)CC(CN1CC[C@@](F)(CCc2ccc3c(n2)NCCC3)C1)c1cccc(OC2COC2)c1. The van der Waals surface area contributed by atoms with Crippen molar-refractivity contribution in [3.8, 4) is 5.75 Å². The lowest BCUT2D eigenvalue weighted by atomic mass is 9.94. The maximum Gasteiger partial charge on any atom is 0.306 e. The Kier molecular flexibility index (Phi) is 7.72. The number of nitrogens with zero attached hydrogens (tertiary/aromatic N) is 2. The summed E-state index contributed by atoms with van der Waals surface area (Å²) in [4.78, 5) is 19.1. The van der Waals surface area contributed by atoms with Gasteiger partial charge in [0.15, 0.2) is 0 Å². The zero-order chi connectivity index (χ0) is 25.0. The van der Waals surface area contributed by atoms with E-state index in [1.54, 1.807) is 0 Å². The minimum absolute atomic E-state index is 0.0745. The Balaban J connectivity index is 1.20. The molecule has 36 heavy (non-hydrogen) atoms. The van der Waals surface area contributed by atoms with E-state index in [9.17, 15) is 4.79 Å². The molecule has 2 saturated heterocycles. The van der Waals surface area contributed by atoms with E-state index in [0.29, 0.717) is 52.1 Å². The second-order valence-electron chi connectivity index (χ2n) is 10.3. The number of fused-ring (bicyclic) bond motifs is 1. The Hall–Kier alpha value is -2.71. The Morgan fingerprint density at radius 1 is 1.33 bits per heavy atom. The monoisotopic (exact) mass is 497 g/mol. The molecule has 4 heterocycles. The summed E-state index contributed by atoms with van der Waals surface area (Å²) >= 11 is 0. The highest BCUT2D eigenvalue weighted by atomic mass is 19.1. The van der Waals surface area contributed by atoms with Gasteiger partial charge >= 0.3 is 5.97 Å². The van der Waals surface area contributed by atoms with Crippen LogP contribution in [0.15, 0.2) is 36.4 Å². The van der Waals surface area contributed by atoms with Crippen LogP contribution in [0.5, 0.6) is 5.75 Å². The number of benzene rings is 1. The summed E-state index contributed by atoms with van der Waals surface area (Å²) in [6.07, 6.45) is 4.06. The Bertz CT molecular complexity index is 1060. The Labute approximate surface area is 212 Å². The number of hydrogen-bond donors (Lipinski definition) is 1. The van der Waals surface area contributed by atoms with Crippen LogP contribution in [0.3, 0.4) is 0 Å². The number of methoxy groups -OCH3 is 1. The van der Waals surface area contributed by atoms with Crippen LogP contribution in [0.4, 0.5) is 10.2 Å². The molecule has 0 amide bonds. The van der Waals surface area contributed by atoms with Crippen molar-refractivity contribution in [2.45, 2.75) is 56.2 Å². The van der Waals surface area contributed by atoms with Crippen LogP contribution in [0, 0.1) is 0 Å². The lowest BCUT2D eigenvalue weighted by molar-refractivity contribution is -0.141. The van der Waals surface area contributed by atoms with Crippen molar-refractivity contribution in [2.24, 2.45) is 0 Å². The standard InChI is InChI=1S/C28H36FN3O4/c1-34-26(33)15-22(21-4-2-6-24(14-21)36-25-17-35-18-25)16-32-13-11-28(29,19-32)10-9-23-8-7-20-5-3-12-30-27(20)31-23/h2,4,6-8,14,22,25H,3,5,9-13,15-19H2,1H3,(H,30,31)/t22?,28-/m0/s1. The molecule has 2 fully saturated rings. The molecule has 0 bridgehead atoms. The molecule has 5 rings (SSSR count). The predicted octanol–water partition coefficient (Wildman–Crippen LogP) is 3.91. The number of nitrogens with one attached hydrogen (secondary N) is 1. The van der Waals surface area contributed by atoms with Gasteiger partial charge in [-0.15, -0.1) is 0 Å². The van der Waals surface area contributed by atoms with Gasteiger partial charge in [-0.2, -0.15) is 0 Å². The first-order valence-corrected chi connectivity index (χ1v) is 13.0. The van der Waals surface area contributed by atoms with E-state index >= 15 is 4.39 Å². The Morgan fingerprint density at radius 3 is 3.03 bits per heavy atom. The highest BCUT2D eigenvalue weighted by Gasteiger charge is 2.39. The van der Waals surface area contributed by atoms with Crippen molar-refractivity contribution in [3.05, 3.63) is 53.2 Å². The average Bonchev–Trinajstić information content (AvgIpc) is 3.25. The molecule has 3 aliphatic rings. The number of pyridine rings is 1. The number of alkyl halides is 1. The van der Waals surface area contributed by atoms with E-state index in [1.165, 1.54) is 12.7 Å². The fraction of sp³-hybridized carbons (Fsp3) is 0.571. The van der Waals surface area contributed by atoms with E-state index in [2.05, 4.69) is 16.3 Å². The molecule has 194 valence electrons. The first kappa shape index (κ1) is 25.0. The number of likely N-dealkylation sites (tertiary alicyclic amines) is 1. The maximum atomic E-state index is 15.8. The molecule has 3 aliphatic heterocycles. The number of anilines is 1. The molecule has 0 saturated carbocycles. The van der Waals surface area contributed by atoms with Crippen LogP contribution >= 0.6 is 0 Å². The fourth-order valence-electron chi connectivity index (χ4n) is 5.34. The van der Waals surface area contributed by atoms with Gasteiger partial charge in [0, 0.05) is 37.8 Å². The van der Waals surface area contributed by atoms with Crippen molar-refractivity contribution in [1.82, 2.24) is 9.88 Å². The molecule has 1 aromatic heterocycles. The maximum absolute atomic E-state index is 15.8. The van der Waals surface area contributed by atoms with E-state index in [-0.39, 0.29) is 24.4 Å². The zero-order valence-corrected chi connectivity index (χ0v) is 21.0. The molecule has 8 heteroatoms. The summed E-state index contributed by atoms with van der Waals surface area (Å²) in [7, 11) is 1.40. The van der Waals surface area contributed by atoms with Crippen molar-refractivity contribution in [1.29, 1.82) is 0 Å². The van der Waals surface area contributed by atoms with Gasteiger partial charge in [-0.25, -0.2) is 9.37 Å². The molecule has 0 spiro atoms. The largest absolute Gasteiger partial charge is 0.486 e. The molecule has 2 atom stereocenters. The Morgan fingerprint density at radius 2 is 2.22 bits per heavy atom. The zero-order valence-electron chi connectivity index (χ0n) is 21.0. The third kappa shape index (κ3) is 6.16. The van der Waals surface area contributed by atoms with Crippen LogP contribution in [-0.2, 0) is 27.1 Å². The highest BCUT2D eigenvalue weighted by molar-refractivity contribution is 5.70.